The van der Waals surface area contributed by atoms with E-state index in [1.165, 1.54) is 11.3 Å². The van der Waals surface area contributed by atoms with Crippen LogP contribution in [0.4, 0.5) is 0 Å². The Morgan fingerprint density at radius 3 is 1.52 bits per heavy atom. The molecule has 0 bridgehead atoms. The van der Waals surface area contributed by atoms with Gasteiger partial charge in [-0.15, -0.1) is 22.7 Å². The van der Waals surface area contributed by atoms with Crippen molar-refractivity contribution in [3.63, 3.8) is 0 Å². The number of methoxy groups -OCH3 is 2. The topological polar surface area (TPSA) is 80.3 Å². The highest BCUT2D eigenvalue weighted by atomic mass is 32.1. The minimum atomic E-state index is -0.320. The monoisotopic (exact) mass is 636 g/mol. The van der Waals surface area contributed by atoms with Crippen LogP contribution in [0.25, 0.3) is 30.6 Å². The third-order valence-electron chi connectivity index (χ3n) is 6.54. The molecule has 0 amide bonds. The van der Waals surface area contributed by atoms with Crippen LogP contribution in [0.2, 0.25) is 0 Å². The van der Waals surface area contributed by atoms with Gasteiger partial charge in [-0.2, -0.15) is 0 Å². The van der Waals surface area contributed by atoms with E-state index in [-0.39, 0.29) is 43.4 Å². The number of ether oxygens (including phenoxy) is 5. The van der Waals surface area contributed by atoms with Gasteiger partial charge in [0.15, 0.2) is 0 Å². The Bertz CT molecular complexity index is 1610. The number of esters is 1. The summed E-state index contributed by atoms with van der Waals surface area (Å²) in [4.78, 5) is 29.0. The molecule has 4 rings (SSSR count). The predicted molar refractivity (Wildman–Crippen MR) is 178 cm³/mol. The average Bonchev–Trinajstić information content (AvgIpc) is 3.55. The van der Waals surface area contributed by atoms with E-state index in [4.69, 9.17) is 23.7 Å². The highest BCUT2D eigenvalue weighted by molar-refractivity contribution is 7.25. The molecule has 234 valence electrons. The van der Waals surface area contributed by atoms with Gasteiger partial charge >= 0.3 is 5.97 Å². The normalized spacial score (nSPS) is 11.1. The molecule has 0 aliphatic carbocycles. The minimum Gasteiger partial charge on any atom is -0.496 e. The smallest absolute Gasteiger partial charge is 0.310 e. The number of benzene rings is 2. The zero-order chi connectivity index (χ0) is 32.0. The number of Topliss-reactive ketones (excluding diaryl/α,β-unsaturated/α-hetero) is 1. The molecule has 0 atom stereocenters. The molecular weight excluding hydrogens is 597 g/mol. The largest absolute Gasteiger partial charge is 0.496 e. The van der Waals surface area contributed by atoms with Gasteiger partial charge in [-0.3, -0.25) is 9.59 Å². The van der Waals surface area contributed by atoms with Gasteiger partial charge in [-0.05, 0) is 89.1 Å². The van der Waals surface area contributed by atoms with Crippen LogP contribution in [0.1, 0.15) is 52.7 Å². The molecule has 0 fully saturated rings. The van der Waals surface area contributed by atoms with Crippen LogP contribution in [-0.2, 0) is 27.2 Å². The summed E-state index contributed by atoms with van der Waals surface area (Å²) >= 11 is 3.09. The summed E-state index contributed by atoms with van der Waals surface area (Å²) in [6.45, 7) is 11.6. The van der Waals surface area contributed by atoms with Crippen LogP contribution in [0.3, 0.4) is 0 Å². The Hall–Kier alpha value is -3.82. The summed E-state index contributed by atoms with van der Waals surface area (Å²) in [6.07, 6.45) is 0.225. The maximum Gasteiger partial charge on any atom is 0.310 e. The Kier molecular flexibility index (Phi) is 11.1. The molecule has 9 heteroatoms. The van der Waals surface area contributed by atoms with Crippen molar-refractivity contribution in [1.82, 2.24) is 0 Å². The maximum absolute atomic E-state index is 12.8. The second-order valence-corrected chi connectivity index (χ2v) is 12.9. The van der Waals surface area contributed by atoms with Crippen LogP contribution < -0.4 is 18.9 Å². The highest BCUT2D eigenvalue weighted by Gasteiger charge is 2.26. The maximum atomic E-state index is 12.8. The first-order valence-corrected chi connectivity index (χ1v) is 16.3. The SMILES string of the molecule is CCOC(=O)Cc1cc(-c2c(OC)cccc2OC(C)C)sc1-c1sc(-c2c(OC)cccc2OC(C)C)cc1CC(C)=O. The molecule has 4 aromatic rings. The van der Waals surface area contributed by atoms with E-state index in [0.29, 0.717) is 23.0 Å². The van der Waals surface area contributed by atoms with Crippen LogP contribution in [0.5, 0.6) is 23.0 Å². The van der Waals surface area contributed by atoms with Crippen molar-refractivity contribution in [2.24, 2.45) is 0 Å². The molecule has 0 saturated carbocycles. The number of ketones is 1. The van der Waals surface area contributed by atoms with E-state index in [1.807, 2.05) is 76.2 Å². The first-order valence-electron chi connectivity index (χ1n) is 14.6. The molecule has 44 heavy (non-hydrogen) atoms. The van der Waals surface area contributed by atoms with Gasteiger partial charge < -0.3 is 23.7 Å². The number of hydrogen-bond acceptors (Lipinski definition) is 9. The van der Waals surface area contributed by atoms with E-state index in [9.17, 15) is 9.59 Å². The number of rotatable bonds is 14. The Morgan fingerprint density at radius 1 is 0.705 bits per heavy atom. The van der Waals surface area contributed by atoms with Crippen molar-refractivity contribution in [2.75, 3.05) is 20.8 Å². The molecule has 0 spiro atoms. The van der Waals surface area contributed by atoms with Crippen molar-refractivity contribution in [1.29, 1.82) is 0 Å². The molecule has 0 aliphatic heterocycles. The van der Waals surface area contributed by atoms with Crippen molar-refractivity contribution in [3.8, 4) is 53.6 Å². The third kappa shape index (κ3) is 7.63. The van der Waals surface area contributed by atoms with Gasteiger partial charge in [0.2, 0.25) is 0 Å². The minimum absolute atomic E-state index is 0.0374. The lowest BCUT2D eigenvalue weighted by Crippen LogP contribution is -2.07. The summed E-state index contributed by atoms with van der Waals surface area (Å²) in [5.41, 5.74) is 3.32. The van der Waals surface area contributed by atoms with Crippen molar-refractivity contribution >= 4 is 34.4 Å². The van der Waals surface area contributed by atoms with Crippen LogP contribution in [0, 0.1) is 0 Å². The lowest BCUT2D eigenvalue weighted by atomic mass is 10.0. The fourth-order valence-electron chi connectivity index (χ4n) is 4.94. The summed E-state index contributed by atoms with van der Waals surface area (Å²) in [5.74, 6) is 2.45. The van der Waals surface area contributed by atoms with E-state index >= 15 is 0 Å². The van der Waals surface area contributed by atoms with E-state index in [1.54, 1.807) is 39.4 Å². The van der Waals surface area contributed by atoms with Gasteiger partial charge in [-0.25, -0.2) is 0 Å². The number of carbonyl (C=O) groups is 2. The Morgan fingerprint density at radius 2 is 1.14 bits per heavy atom. The molecule has 7 nitrogen and oxygen atoms in total. The summed E-state index contributed by atoms with van der Waals surface area (Å²) in [7, 11) is 3.27. The predicted octanol–water partition coefficient (Wildman–Crippen LogP) is 8.64. The molecular formula is C35H40O7S2. The molecule has 0 saturated heterocycles. The van der Waals surface area contributed by atoms with Gasteiger partial charge in [-0.1, -0.05) is 12.1 Å². The van der Waals surface area contributed by atoms with Gasteiger partial charge in [0.25, 0.3) is 0 Å². The summed E-state index contributed by atoms with van der Waals surface area (Å²) in [5, 5.41) is 0. The standard InChI is InChI=1S/C35H40O7S2/c1-9-40-31(37)19-24-18-30(33-26(39-8)13-11-15-28(33)42-21(4)5)44-35(24)34-23(16-22(6)36)17-29(43-34)32-25(38-7)12-10-14-27(32)41-20(2)3/h10-15,17-18,20-21H,9,16,19H2,1-8H3. The molecule has 0 unspecified atom stereocenters. The van der Waals surface area contributed by atoms with Crippen molar-refractivity contribution in [2.45, 2.75) is 66.6 Å². The van der Waals surface area contributed by atoms with Crippen molar-refractivity contribution in [3.05, 3.63) is 59.7 Å². The number of carbonyl (C=O) groups excluding carboxylic acids is 2. The lowest BCUT2D eigenvalue weighted by Gasteiger charge is -2.16. The fourth-order valence-corrected chi connectivity index (χ4v) is 7.61. The Balaban J connectivity index is 1.98. The van der Waals surface area contributed by atoms with Crippen LogP contribution in [0.15, 0.2) is 48.5 Å². The molecule has 0 N–H and O–H groups in total. The van der Waals surface area contributed by atoms with Gasteiger partial charge in [0, 0.05) is 25.9 Å². The highest BCUT2D eigenvalue weighted by Crippen LogP contribution is 2.51. The molecule has 2 aromatic carbocycles. The molecule has 2 aromatic heterocycles. The third-order valence-corrected chi connectivity index (χ3v) is 9.09. The molecule has 2 heterocycles. The zero-order valence-electron chi connectivity index (χ0n) is 26.6. The number of hydrogen-bond donors (Lipinski definition) is 0. The summed E-state index contributed by atoms with van der Waals surface area (Å²) in [6, 6.07) is 15.5. The zero-order valence-corrected chi connectivity index (χ0v) is 28.2. The van der Waals surface area contributed by atoms with E-state index in [0.717, 1.165) is 41.8 Å². The lowest BCUT2D eigenvalue weighted by molar-refractivity contribution is -0.142. The quantitative estimate of drug-likeness (QED) is 0.128. The fraction of sp³-hybridized carbons (Fsp3) is 0.371. The second-order valence-electron chi connectivity index (χ2n) is 10.8. The molecule has 0 radical (unpaired) electrons. The van der Waals surface area contributed by atoms with Gasteiger partial charge in [0.1, 0.15) is 28.8 Å². The van der Waals surface area contributed by atoms with Crippen LogP contribution >= 0.6 is 22.7 Å². The van der Waals surface area contributed by atoms with Gasteiger partial charge in [0.05, 0.1) is 50.6 Å². The summed E-state index contributed by atoms with van der Waals surface area (Å²) < 4.78 is 29.3. The first kappa shape index (κ1) is 33.1. The molecule has 0 aliphatic rings. The van der Waals surface area contributed by atoms with E-state index < -0.39 is 0 Å². The van der Waals surface area contributed by atoms with E-state index in [2.05, 4.69) is 0 Å². The van der Waals surface area contributed by atoms with Crippen molar-refractivity contribution < 1.29 is 33.3 Å². The number of thiophene rings is 2. The first-order chi connectivity index (χ1) is 21.1. The Labute approximate surface area is 267 Å². The van der Waals surface area contributed by atoms with Crippen LogP contribution in [-0.4, -0.2) is 44.8 Å². The average molecular weight is 637 g/mol. The second kappa shape index (κ2) is 14.8.